The Morgan fingerprint density at radius 3 is 1.27 bits per heavy atom. The Hall–Kier alpha value is -7.56. The Labute approximate surface area is 325 Å². The number of benzene rings is 8. The summed E-state index contributed by atoms with van der Waals surface area (Å²) in [6.07, 6.45) is 0. The molecule has 2 heterocycles. The van der Waals surface area contributed by atoms with Crippen molar-refractivity contribution in [3.05, 3.63) is 212 Å². The van der Waals surface area contributed by atoms with Gasteiger partial charge in [0.25, 0.3) is 0 Å². The highest BCUT2D eigenvalue weighted by molar-refractivity contribution is 6.14. The van der Waals surface area contributed by atoms with Crippen molar-refractivity contribution >= 4 is 39.0 Å². The minimum atomic E-state index is 0.618. The molecule has 10 aromatic rings. The van der Waals surface area contributed by atoms with Crippen molar-refractivity contribution < 1.29 is 4.42 Å². The molecule has 0 radical (unpaired) electrons. The average Bonchev–Trinajstić information content (AvgIpc) is 3.67. The van der Waals surface area contributed by atoms with Crippen LogP contribution in [0.3, 0.4) is 0 Å². The fraction of sp³-hybridized carbons (Fsp3) is 0. The summed E-state index contributed by atoms with van der Waals surface area (Å²) in [7, 11) is 0. The molecule has 0 spiro atoms. The van der Waals surface area contributed by atoms with Crippen LogP contribution in [0.1, 0.15) is 0 Å². The summed E-state index contributed by atoms with van der Waals surface area (Å²) < 4.78 is 6.68. The molecule has 264 valence electrons. The molecular weight excluding hydrogens is 683 g/mol. The van der Waals surface area contributed by atoms with Crippen molar-refractivity contribution in [1.29, 1.82) is 0 Å². The summed E-state index contributed by atoms with van der Waals surface area (Å²) in [5, 5.41) is 2.06. The van der Waals surface area contributed by atoms with E-state index in [4.69, 9.17) is 14.4 Å². The number of aromatic nitrogens is 2. The molecule has 0 aliphatic heterocycles. The van der Waals surface area contributed by atoms with Gasteiger partial charge in [0, 0.05) is 33.5 Å². The molecule has 0 aliphatic rings. The number of furan rings is 1. The zero-order valence-electron chi connectivity index (χ0n) is 30.5. The van der Waals surface area contributed by atoms with Gasteiger partial charge in [-0.05, 0) is 70.8 Å². The van der Waals surface area contributed by atoms with E-state index in [1.807, 2.05) is 60.7 Å². The second kappa shape index (κ2) is 14.3. The number of nitrogens with zero attached hydrogens (tertiary/aromatic N) is 3. The third-order valence-corrected chi connectivity index (χ3v) is 10.3. The van der Waals surface area contributed by atoms with E-state index < -0.39 is 0 Å². The molecule has 0 aliphatic carbocycles. The molecule has 56 heavy (non-hydrogen) atoms. The second-order valence-electron chi connectivity index (χ2n) is 13.8. The average molecular weight is 718 g/mol. The van der Waals surface area contributed by atoms with E-state index in [1.165, 1.54) is 11.1 Å². The van der Waals surface area contributed by atoms with Crippen molar-refractivity contribution in [2.45, 2.75) is 0 Å². The van der Waals surface area contributed by atoms with Gasteiger partial charge in [-0.1, -0.05) is 164 Å². The monoisotopic (exact) mass is 717 g/mol. The van der Waals surface area contributed by atoms with Gasteiger partial charge in [0.15, 0.2) is 5.82 Å². The number of rotatable bonds is 8. The summed E-state index contributed by atoms with van der Waals surface area (Å²) in [5.74, 6) is 0.618. The minimum Gasteiger partial charge on any atom is -0.456 e. The van der Waals surface area contributed by atoms with Crippen LogP contribution in [0.15, 0.2) is 217 Å². The van der Waals surface area contributed by atoms with E-state index >= 15 is 0 Å². The highest BCUT2D eigenvalue weighted by Gasteiger charge is 2.23. The Kier molecular flexibility index (Phi) is 8.47. The number of hydrogen-bond acceptors (Lipinski definition) is 4. The molecule has 4 heteroatoms. The van der Waals surface area contributed by atoms with E-state index in [-0.39, 0.29) is 0 Å². The van der Waals surface area contributed by atoms with E-state index in [0.29, 0.717) is 5.82 Å². The van der Waals surface area contributed by atoms with E-state index in [0.717, 1.165) is 78.2 Å². The van der Waals surface area contributed by atoms with E-state index in [2.05, 4.69) is 157 Å². The highest BCUT2D eigenvalue weighted by Crippen LogP contribution is 2.46. The first-order valence-electron chi connectivity index (χ1n) is 18.8. The van der Waals surface area contributed by atoms with Crippen LogP contribution in [-0.4, -0.2) is 9.97 Å². The molecule has 10 rings (SSSR count). The van der Waals surface area contributed by atoms with Crippen LogP contribution in [-0.2, 0) is 0 Å². The molecule has 0 fully saturated rings. The Morgan fingerprint density at radius 2 is 0.768 bits per heavy atom. The standard InChI is InChI=1S/C52H35N3O/c1-5-15-36(16-6-1)38-25-29-43(30-26-38)55(44-31-27-39(28-32-44)37-17-7-2-8-18-37)48-33-42(34-50-51(48)45-23-13-14-24-49(45)56-50)52-53-46(40-19-9-3-10-20-40)35-47(54-52)41-21-11-4-12-22-41/h1-35H. The lowest BCUT2D eigenvalue weighted by Gasteiger charge is -2.27. The van der Waals surface area contributed by atoms with Gasteiger partial charge in [-0.25, -0.2) is 9.97 Å². The lowest BCUT2D eigenvalue weighted by atomic mass is 10.0. The smallest absolute Gasteiger partial charge is 0.160 e. The maximum atomic E-state index is 6.68. The zero-order chi connectivity index (χ0) is 37.3. The first-order valence-corrected chi connectivity index (χ1v) is 18.8. The highest BCUT2D eigenvalue weighted by atomic mass is 16.3. The largest absolute Gasteiger partial charge is 0.456 e. The minimum absolute atomic E-state index is 0.618. The summed E-state index contributed by atoms with van der Waals surface area (Å²) in [6, 6.07) is 73.8. The van der Waals surface area contributed by atoms with Gasteiger partial charge >= 0.3 is 0 Å². The van der Waals surface area contributed by atoms with Crippen molar-refractivity contribution in [3.8, 4) is 56.2 Å². The van der Waals surface area contributed by atoms with Crippen LogP contribution < -0.4 is 4.90 Å². The van der Waals surface area contributed by atoms with Gasteiger partial charge < -0.3 is 9.32 Å². The lowest BCUT2D eigenvalue weighted by Crippen LogP contribution is -2.11. The Morgan fingerprint density at radius 1 is 0.339 bits per heavy atom. The van der Waals surface area contributed by atoms with Gasteiger partial charge in [-0.15, -0.1) is 0 Å². The molecule has 0 atom stereocenters. The summed E-state index contributed by atoms with van der Waals surface area (Å²) in [6.45, 7) is 0. The number of anilines is 3. The fourth-order valence-electron chi connectivity index (χ4n) is 7.52. The number of fused-ring (bicyclic) bond motifs is 3. The van der Waals surface area contributed by atoms with Crippen LogP contribution in [0.25, 0.3) is 78.1 Å². The van der Waals surface area contributed by atoms with Crippen LogP contribution in [0.2, 0.25) is 0 Å². The normalized spacial score (nSPS) is 11.2. The number of para-hydroxylation sites is 1. The first kappa shape index (κ1) is 33.0. The van der Waals surface area contributed by atoms with Crippen molar-refractivity contribution in [2.75, 3.05) is 4.90 Å². The second-order valence-corrected chi connectivity index (χ2v) is 13.8. The molecule has 0 amide bonds. The quantitative estimate of drug-likeness (QED) is 0.157. The van der Waals surface area contributed by atoms with Crippen molar-refractivity contribution in [3.63, 3.8) is 0 Å². The molecule has 0 N–H and O–H groups in total. The summed E-state index contributed by atoms with van der Waals surface area (Å²) in [4.78, 5) is 12.8. The molecule has 4 nitrogen and oxygen atoms in total. The molecule has 0 bridgehead atoms. The predicted molar refractivity (Wildman–Crippen MR) is 231 cm³/mol. The first-order chi connectivity index (χ1) is 27.7. The van der Waals surface area contributed by atoms with Gasteiger partial charge in [-0.2, -0.15) is 0 Å². The Balaban J connectivity index is 1.21. The van der Waals surface area contributed by atoms with Crippen LogP contribution in [0.4, 0.5) is 17.1 Å². The maximum absolute atomic E-state index is 6.68. The predicted octanol–water partition coefficient (Wildman–Crippen LogP) is 14.2. The summed E-state index contributed by atoms with van der Waals surface area (Å²) >= 11 is 0. The van der Waals surface area contributed by atoms with Crippen LogP contribution in [0.5, 0.6) is 0 Å². The van der Waals surface area contributed by atoms with Crippen LogP contribution in [0, 0.1) is 0 Å². The van der Waals surface area contributed by atoms with Gasteiger partial charge in [0.2, 0.25) is 0 Å². The third-order valence-electron chi connectivity index (χ3n) is 10.3. The van der Waals surface area contributed by atoms with Crippen LogP contribution >= 0.6 is 0 Å². The molecule has 0 unspecified atom stereocenters. The van der Waals surface area contributed by atoms with Gasteiger partial charge in [-0.3, -0.25) is 0 Å². The molecule has 0 saturated heterocycles. The van der Waals surface area contributed by atoms with E-state index in [9.17, 15) is 0 Å². The topological polar surface area (TPSA) is 42.2 Å². The lowest BCUT2D eigenvalue weighted by molar-refractivity contribution is 0.669. The third kappa shape index (κ3) is 6.29. The van der Waals surface area contributed by atoms with Crippen molar-refractivity contribution in [1.82, 2.24) is 9.97 Å². The van der Waals surface area contributed by atoms with Gasteiger partial charge in [0.05, 0.1) is 22.5 Å². The SMILES string of the molecule is c1ccc(-c2ccc(N(c3ccc(-c4ccccc4)cc3)c3cc(-c4nc(-c5ccccc5)cc(-c5ccccc5)n4)cc4oc5ccccc5c34)cc2)cc1. The van der Waals surface area contributed by atoms with E-state index in [1.54, 1.807) is 0 Å². The molecule has 2 aromatic heterocycles. The maximum Gasteiger partial charge on any atom is 0.160 e. The van der Waals surface area contributed by atoms with Gasteiger partial charge in [0.1, 0.15) is 11.2 Å². The summed E-state index contributed by atoms with van der Waals surface area (Å²) in [5.41, 5.74) is 13.9. The van der Waals surface area contributed by atoms with Crippen molar-refractivity contribution in [2.24, 2.45) is 0 Å². The molecular formula is C52H35N3O. The zero-order valence-corrected chi connectivity index (χ0v) is 30.5. The fourth-order valence-corrected chi connectivity index (χ4v) is 7.52. The Bertz CT molecular complexity index is 2780. The molecule has 8 aromatic carbocycles. The number of hydrogen-bond donors (Lipinski definition) is 0. The molecule has 0 saturated carbocycles.